The second kappa shape index (κ2) is 4.56. The van der Waals surface area contributed by atoms with Crippen LogP contribution in [0.2, 0.25) is 0 Å². The van der Waals surface area contributed by atoms with Crippen molar-refractivity contribution in [3.8, 4) is 0 Å². The van der Waals surface area contributed by atoms with Crippen molar-refractivity contribution in [2.75, 3.05) is 6.54 Å². The molecular formula is C10H16ClN. The molecule has 1 heterocycles. The fourth-order valence-corrected chi connectivity index (χ4v) is 1.68. The Hall–Kier alpha value is -0.430. The Bertz CT molecular complexity index is 206. The van der Waals surface area contributed by atoms with Crippen LogP contribution in [0.1, 0.15) is 33.1 Å². The van der Waals surface area contributed by atoms with Gasteiger partial charge in [0, 0.05) is 17.5 Å². The molecule has 0 radical (unpaired) electrons. The van der Waals surface area contributed by atoms with Gasteiger partial charge in [-0.2, -0.15) is 0 Å². The molecule has 0 spiro atoms. The summed E-state index contributed by atoms with van der Waals surface area (Å²) in [7, 11) is 0. The molecule has 0 saturated heterocycles. The van der Waals surface area contributed by atoms with Crippen LogP contribution in [0, 0.1) is 0 Å². The van der Waals surface area contributed by atoms with Crippen LogP contribution < -0.4 is 0 Å². The summed E-state index contributed by atoms with van der Waals surface area (Å²) in [6.45, 7) is 5.17. The van der Waals surface area contributed by atoms with E-state index in [2.05, 4.69) is 26.0 Å². The van der Waals surface area contributed by atoms with Gasteiger partial charge in [-0.1, -0.05) is 25.5 Å². The summed E-state index contributed by atoms with van der Waals surface area (Å²) in [6, 6.07) is 0. The molecule has 1 nitrogen and oxygen atoms in total. The molecule has 0 amide bonds. The van der Waals surface area contributed by atoms with Crippen LogP contribution >= 0.6 is 11.8 Å². The zero-order chi connectivity index (χ0) is 8.97. The monoisotopic (exact) mass is 185 g/mol. The minimum absolute atomic E-state index is 0.845. The maximum atomic E-state index is 6.04. The standard InChI is InChI=1S/C10H16ClN/c1-3-4-7-10-9(2)6-5-8-12(10)11/h5-6H,3-4,7-8H2,1-2H3. The topological polar surface area (TPSA) is 3.24 Å². The minimum atomic E-state index is 0.845. The van der Waals surface area contributed by atoms with Gasteiger partial charge in [0.1, 0.15) is 0 Å². The first-order chi connectivity index (χ1) is 5.75. The molecule has 1 aliphatic rings. The average Bonchev–Trinajstić information content (AvgIpc) is 2.04. The molecule has 0 aromatic heterocycles. The summed E-state index contributed by atoms with van der Waals surface area (Å²) in [5.41, 5.74) is 2.60. The molecule has 0 aromatic rings. The lowest BCUT2D eigenvalue weighted by molar-refractivity contribution is 0.552. The van der Waals surface area contributed by atoms with Crippen molar-refractivity contribution in [3.63, 3.8) is 0 Å². The molecule has 2 heteroatoms. The fourth-order valence-electron chi connectivity index (χ4n) is 1.38. The molecule has 0 saturated carbocycles. The molecule has 1 aliphatic heterocycles. The molecule has 1 rings (SSSR count). The van der Waals surface area contributed by atoms with Gasteiger partial charge in [0.25, 0.3) is 0 Å². The first kappa shape index (κ1) is 9.66. The highest BCUT2D eigenvalue weighted by molar-refractivity contribution is 6.14. The van der Waals surface area contributed by atoms with Gasteiger partial charge in [-0.25, -0.2) is 0 Å². The molecular weight excluding hydrogens is 170 g/mol. The van der Waals surface area contributed by atoms with E-state index in [-0.39, 0.29) is 0 Å². The molecule has 12 heavy (non-hydrogen) atoms. The lowest BCUT2D eigenvalue weighted by Crippen LogP contribution is -2.16. The van der Waals surface area contributed by atoms with Crippen molar-refractivity contribution < 1.29 is 0 Å². The van der Waals surface area contributed by atoms with Crippen molar-refractivity contribution in [2.45, 2.75) is 33.1 Å². The molecule has 0 unspecified atom stereocenters. The van der Waals surface area contributed by atoms with Crippen molar-refractivity contribution in [2.24, 2.45) is 0 Å². The predicted octanol–water partition coefficient (Wildman–Crippen LogP) is 3.48. The Morgan fingerprint density at radius 2 is 2.33 bits per heavy atom. The average molecular weight is 186 g/mol. The number of rotatable bonds is 3. The molecule has 0 fully saturated rings. The normalized spacial score (nSPS) is 17.4. The number of hydrogen-bond donors (Lipinski definition) is 0. The molecule has 0 aromatic carbocycles. The Kier molecular flexibility index (Phi) is 3.67. The first-order valence-corrected chi connectivity index (χ1v) is 4.89. The van der Waals surface area contributed by atoms with Crippen LogP contribution in [0.25, 0.3) is 0 Å². The van der Waals surface area contributed by atoms with Gasteiger partial charge in [0.2, 0.25) is 0 Å². The number of nitrogens with zero attached hydrogens (tertiary/aromatic N) is 1. The van der Waals surface area contributed by atoms with E-state index < -0.39 is 0 Å². The third-order valence-corrected chi connectivity index (χ3v) is 2.49. The van der Waals surface area contributed by atoms with E-state index in [0.717, 1.165) is 13.0 Å². The Balaban J connectivity index is 2.61. The number of hydrogen-bond acceptors (Lipinski definition) is 1. The summed E-state index contributed by atoms with van der Waals surface area (Å²) < 4.78 is 1.82. The first-order valence-electron chi connectivity index (χ1n) is 4.55. The minimum Gasteiger partial charge on any atom is -0.285 e. The van der Waals surface area contributed by atoms with E-state index in [9.17, 15) is 0 Å². The van der Waals surface area contributed by atoms with E-state index in [1.807, 2.05) is 4.42 Å². The van der Waals surface area contributed by atoms with Crippen LogP contribution in [0.5, 0.6) is 0 Å². The SMILES string of the molecule is CCCCC1=C(C)C=CCN1Cl. The summed E-state index contributed by atoms with van der Waals surface area (Å²) in [4.78, 5) is 0. The molecule has 0 aliphatic carbocycles. The number of unbranched alkanes of at least 4 members (excludes halogenated alkanes) is 1. The summed E-state index contributed by atoms with van der Waals surface area (Å²) >= 11 is 6.04. The second-order valence-electron chi connectivity index (χ2n) is 3.18. The lowest BCUT2D eigenvalue weighted by Gasteiger charge is -2.22. The van der Waals surface area contributed by atoms with Crippen molar-refractivity contribution in [1.29, 1.82) is 0 Å². The lowest BCUT2D eigenvalue weighted by atomic mass is 10.1. The zero-order valence-electron chi connectivity index (χ0n) is 7.81. The van der Waals surface area contributed by atoms with Crippen molar-refractivity contribution >= 4 is 11.8 Å². The van der Waals surface area contributed by atoms with Crippen LogP contribution in [-0.4, -0.2) is 11.0 Å². The second-order valence-corrected chi connectivity index (χ2v) is 3.59. The predicted molar refractivity (Wildman–Crippen MR) is 53.9 cm³/mol. The largest absolute Gasteiger partial charge is 0.285 e. The molecule has 68 valence electrons. The fraction of sp³-hybridized carbons (Fsp3) is 0.600. The maximum absolute atomic E-state index is 6.04. The van der Waals surface area contributed by atoms with Gasteiger partial charge in [-0.15, -0.1) is 0 Å². The summed E-state index contributed by atoms with van der Waals surface area (Å²) in [5, 5.41) is 0. The number of allylic oxidation sites excluding steroid dienone is 3. The third kappa shape index (κ3) is 2.28. The van der Waals surface area contributed by atoms with Crippen molar-refractivity contribution in [1.82, 2.24) is 4.42 Å². The van der Waals surface area contributed by atoms with E-state index in [4.69, 9.17) is 11.8 Å². The van der Waals surface area contributed by atoms with Gasteiger partial charge < -0.3 is 0 Å². The van der Waals surface area contributed by atoms with Crippen LogP contribution in [-0.2, 0) is 0 Å². The smallest absolute Gasteiger partial charge is 0.0529 e. The third-order valence-electron chi connectivity index (χ3n) is 2.15. The Labute approximate surface area is 79.8 Å². The zero-order valence-corrected chi connectivity index (χ0v) is 8.56. The highest BCUT2D eigenvalue weighted by atomic mass is 35.5. The van der Waals surface area contributed by atoms with E-state index in [0.29, 0.717) is 0 Å². The van der Waals surface area contributed by atoms with Crippen LogP contribution in [0.15, 0.2) is 23.4 Å². The molecule has 0 bridgehead atoms. The van der Waals surface area contributed by atoms with Crippen LogP contribution in [0.3, 0.4) is 0 Å². The maximum Gasteiger partial charge on any atom is 0.0529 e. The Morgan fingerprint density at radius 1 is 1.58 bits per heavy atom. The number of halogens is 1. The highest BCUT2D eigenvalue weighted by Gasteiger charge is 2.10. The van der Waals surface area contributed by atoms with Gasteiger partial charge in [-0.3, -0.25) is 4.42 Å². The summed E-state index contributed by atoms with van der Waals surface area (Å²) in [6.07, 6.45) is 7.81. The van der Waals surface area contributed by atoms with E-state index >= 15 is 0 Å². The van der Waals surface area contributed by atoms with Gasteiger partial charge in [-0.05, 0) is 25.3 Å². The summed E-state index contributed by atoms with van der Waals surface area (Å²) in [5.74, 6) is 0. The Morgan fingerprint density at radius 3 is 2.92 bits per heavy atom. The van der Waals surface area contributed by atoms with E-state index in [1.54, 1.807) is 0 Å². The quantitative estimate of drug-likeness (QED) is 0.609. The van der Waals surface area contributed by atoms with Crippen LogP contribution in [0.4, 0.5) is 0 Å². The van der Waals surface area contributed by atoms with Gasteiger partial charge in [0.15, 0.2) is 0 Å². The molecule has 0 atom stereocenters. The highest BCUT2D eigenvalue weighted by Crippen LogP contribution is 2.23. The molecule has 0 N–H and O–H groups in total. The van der Waals surface area contributed by atoms with Crippen molar-refractivity contribution in [3.05, 3.63) is 23.4 Å². The van der Waals surface area contributed by atoms with Gasteiger partial charge in [0.05, 0.1) is 6.54 Å². The van der Waals surface area contributed by atoms with Gasteiger partial charge >= 0.3 is 0 Å². The van der Waals surface area contributed by atoms with E-state index in [1.165, 1.54) is 24.1 Å².